The van der Waals surface area contributed by atoms with Crippen molar-refractivity contribution < 1.29 is 9.18 Å². The zero-order valence-electron chi connectivity index (χ0n) is 11.5. The third-order valence-corrected chi connectivity index (χ3v) is 3.60. The third kappa shape index (κ3) is 4.58. The molecule has 1 unspecified atom stereocenters. The van der Waals surface area contributed by atoms with Crippen LogP contribution in [0.15, 0.2) is 22.7 Å². The molecule has 0 aromatic heterocycles. The van der Waals surface area contributed by atoms with Gasteiger partial charge in [0.25, 0.3) is 0 Å². The van der Waals surface area contributed by atoms with E-state index in [1.165, 1.54) is 6.07 Å². The zero-order valence-corrected chi connectivity index (χ0v) is 13.1. The van der Waals surface area contributed by atoms with E-state index in [0.717, 1.165) is 0 Å². The summed E-state index contributed by atoms with van der Waals surface area (Å²) < 4.78 is 14.5. The average molecular weight is 331 g/mol. The molecule has 0 heterocycles. The molecular formula is C14H20BrFN2O. The second-order valence-corrected chi connectivity index (χ2v) is 5.25. The van der Waals surface area contributed by atoms with Gasteiger partial charge in [-0.1, -0.05) is 22.0 Å². The predicted molar refractivity (Wildman–Crippen MR) is 78.4 cm³/mol. The number of halogens is 2. The molecule has 0 aliphatic heterocycles. The molecule has 19 heavy (non-hydrogen) atoms. The number of benzene rings is 1. The Balaban J connectivity index is 2.60. The SMILES string of the molecule is CCN(CC)C(=O)CNC(C)c1ccc(Br)cc1F. The first kappa shape index (κ1) is 16.1. The first-order valence-corrected chi connectivity index (χ1v) is 7.25. The van der Waals surface area contributed by atoms with Crippen LogP contribution in [0.5, 0.6) is 0 Å². The summed E-state index contributed by atoms with van der Waals surface area (Å²) in [6, 6.07) is 4.74. The highest BCUT2D eigenvalue weighted by Crippen LogP contribution is 2.20. The summed E-state index contributed by atoms with van der Waals surface area (Å²) in [7, 11) is 0. The Morgan fingerprint density at radius 2 is 2.05 bits per heavy atom. The Hall–Kier alpha value is -0.940. The molecule has 106 valence electrons. The molecule has 0 bridgehead atoms. The Morgan fingerprint density at radius 3 is 2.58 bits per heavy atom. The van der Waals surface area contributed by atoms with Crippen LogP contribution < -0.4 is 5.32 Å². The van der Waals surface area contributed by atoms with Gasteiger partial charge in [0, 0.05) is 29.2 Å². The van der Waals surface area contributed by atoms with Crippen LogP contribution in [-0.2, 0) is 4.79 Å². The molecule has 0 radical (unpaired) electrons. The van der Waals surface area contributed by atoms with Gasteiger partial charge in [0.2, 0.25) is 5.91 Å². The molecule has 1 N–H and O–H groups in total. The van der Waals surface area contributed by atoms with E-state index in [4.69, 9.17) is 0 Å². The molecule has 1 amide bonds. The van der Waals surface area contributed by atoms with E-state index < -0.39 is 0 Å². The van der Waals surface area contributed by atoms with Crippen molar-refractivity contribution in [3.05, 3.63) is 34.1 Å². The van der Waals surface area contributed by atoms with Crippen LogP contribution in [0.1, 0.15) is 32.4 Å². The van der Waals surface area contributed by atoms with E-state index >= 15 is 0 Å². The van der Waals surface area contributed by atoms with Gasteiger partial charge in [-0.2, -0.15) is 0 Å². The van der Waals surface area contributed by atoms with Crippen LogP contribution in [-0.4, -0.2) is 30.4 Å². The molecular weight excluding hydrogens is 311 g/mol. The Kier molecular flexibility index (Phi) is 6.45. The molecule has 1 aromatic carbocycles. The van der Waals surface area contributed by atoms with E-state index in [-0.39, 0.29) is 24.3 Å². The van der Waals surface area contributed by atoms with Crippen molar-refractivity contribution in [2.45, 2.75) is 26.8 Å². The highest BCUT2D eigenvalue weighted by atomic mass is 79.9. The number of carbonyl (C=O) groups excluding carboxylic acids is 1. The summed E-state index contributed by atoms with van der Waals surface area (Å²) in [5.41, 5.74) is 0.565. The van der Waals surface area contributed by atoms with Gasteiger partial charge in [-0.05, 0) is 32.9 Å². The molecule has 0 fully saturated rings. The summed E-state index contributed by atoms with van der Waals surface area (Å²) in [5.74, 6) is -0.237. The van der Waals surface area contributed by atoms with Crippen LogP contribution in [0.2, 0.25) is 0 Å². The molecule has 0 aliphatic carbocycles. The number of likely N-dealkylation sites (N-methyl/N-ethyl adjacent to an activating group) is 1. The molecule has 3 nitrogen and oxygen atoms in total. The van der Waals surface area contributed by atoms with Crippen LogP contribution in [0.3, 0.4) is 0 Å². The first-order valence-electron chi connectivity index (χ1n) is 6.45. The fourth-order valence-corrected chi connectivity index (χ4v) is 2.22. The van der Waals surface area contributed by atoms with Crippen molar-refractivity contribution in [2.24, 2.45) is 0 Å². The van der Waals surface area contributed by atoms with Gasteiger partial charge < -0.3 is 10.2 Å². The molecule has 1 atom stereocenters. The highest BCUT2D eigenvalue weighted by molar-refractivity contribution is 9.10. The quantitative estimate of drug-likeness (QED) is 0.869. The number of hydrogen-bond acceptors (Lipinski definition) is 2. The Bertz CT molecular complexity index is 435. The summed E-state index contributed by atoms with van der Waals surface area (Å²) in [4.78, 5) is 13.6. The molecule has 1 aromatic rings. The van der Waals surface area contributed by atoms with E-state index in [2.05, 4.69) is 21.2 Å². The average Bonchev–Trinajstić information content (AvgIpc) is 2.37. The number of nitrogens with one attached hydrogen (secondary N) is 1. The van der Waals surface area contributed by atoms with Crippen LogP contribution in [0, 0.1) is 5.82 Å². The minimum Gasteiger partial charge on any atom is -0.342 e. The minimum absolute atomic E-state index is 0.0365. The maximum atomic E-state index is 13.8. The van der Waals surface area contributed by atoms with Gasteiger partial charge in [-0.15, -0.1) is 0 Å². The largest absolute Gasteiger partial charge is 0.342 e. The lowest BCUT2D eigenvalue weighted by Crippen LogP contribution is -2.38. The third-order valence-electron chi connectivity index (χ3n) is 3.10. The van der Waals surface area contributed by atoms with Gasteiger partial charge >= 0.3 is 0 Å². The van der Waals surface area contributed by atoms with E-state index in [1.54, 1.807) is 17.0 Å². The summed E-state index contributed by atoms with van der Waals surface area (Å²) in [6.45, 7) is 7.34. The lowest BCUT2D eigenvalue weighted by Gasteiger charge is -2.21. The molecule has 0 spiro atoms. The van der Waals surface area contributed by atoms with Gasteiger partial charge in [-0.25, -0.2) is 4.39 Å². The number of carbonyl (C=O) groups is 1. The fourth-order valence-electron chi connectivity index (χ4n) is 1.89. The normalized spacial score (nSPS) is 12.3. The summed E-state index contributed by atoms with van der Waals surface area (Å²) >= 11 is 3.22. The topological polar surface area (TPSA) is 32.3 Å². The van der Waals surface area contributed by atoms with Gasteiger partial charge in [-0.3, -0.25) is 4.79 Å². The van der Waals surface area contributed by atoms with Crippen molar-refractivity contribution in [2.75, 3.05) is 19.6 Å². The second-order valence-electron chi connectivity index (χ2n) is 4.33. The molecule has 0 aliphatic rings. The maximum absolute atomic E-state index is 13.8. The first-order chi connectivity index (χ1) is 8.99. The molecule has 0 saturated heterocycles. The van der Waals surface area contributed by atoms with Crippen molar-refractivity contribution in [3.63, 3.8) is 0 Å². The maximum Gasteiger partial charge on any atom is 0.236 e. The number of hydrogen-bond donors (Lipinski definition) is 1. The summed E-state index contributed by atoms with van der Waals surface area (Å²) in [6.07, 6.45) is 0. The fraction of sp³-hybridized carbons (Fsp3) is 0.500. The van der Waals surface area contributed by atoms with Gasteiger partial charge in [0.15, 0.2) is 0 Å². The van der Waals surface area contributed by atoms with Crippen molar-refractivity contribution in [1.82, 2.24) is 10.2 Å². The van der Waals surface area contributed by atoms with Crippen molar-refractivity contribution in [3.8, 4) is 0 Å². The highest BCUT2D eigenvalue weighted by Gasteiger charge is 2.14. The van der Waals surface area contributed by atoms with Gasteiger partial charge in [0.05, 0.1) is 6.54 Å². The van der Waals surface area contributed by atoms with E-state index in [1.807, 2.05) is 20.8 Å². The number of amides is 1. The monoisotopic (exact) mass is 330 g/mol. The predicted octanol–water partition coefficient (Wildman–Crippen LogP) is 3.11. The van der Waals surface area contributed by atoms with Crippen molar-refractivity contribution >= 4 is 21.8 Å². The summed E-state index contributed by atoms with van der Waals surface area (Å²) in [5, 5.41) is 3.06. The van der Waals surface area contributed by atoms with Gasteiger partial charge in [0.1, 0.15) is 5.82 Å². The minimum atomic E-state index is -0.273. The Labute approximate surface area is 122 Å². The standard InChI is InChI=1S/C14H20BrFN2O/c1-4-18(5-2)14(19)9-17-10(3)12-7-6-11(15)8-13(12)16/h6-8,10,17H,4-5,9H2,1-3H3. The second kappa shape index (κ2) is 7.60. The number of nitrogens with zero attached hydrogens (tertiary/aromatic N) is 1. The smallest absolute Gasteiger partial charge is 0.236 e. The number of rotatable bonds is 6. The zero-order chi connectivity index (χ0) is 14.4. The van der Waals surface area contributed by atoms with Crippen LogP contribution in [0.25, 0.3) is 0 Å². The van der Waals surface area contributed by atoms with E-state index in [9.17, 15) is 9.18 Å². The Morgan fingerprint density at radius 1 is 1.42 bits per heavy atom. The van der Waals surface area contributed by atoms with Crippen molar-refractivity contribution in [1.29, 1.82) is 0 Å². The lowest BCUT2D eigenvalue weighted by molar-refractivity contribution is -0.129. The van der Waals surface area contributed by atoms with E-state index in [0.29, 0.717) is 23.1 Å². The van der Waals surface area contributed by atoms with Crippen LogP contribution >= 0.6 is 15.9 Å². The van der Waals surface area contributed by atoms with Crippen LogP contribution in [0.4, 0.5) is 4.39 Å². The molecule has 0 saturated carbocycles. The molecule has 5 heteroatoms. The molecule has 1 rings (SSSR count). The lowest BCUT2D eigenvalue weighted by atomic mass is 10.1.